The minimum absolute atomic E-state index is 0.0340. The number of rotatable bonds is 6. The lowest BCUT2D eigenvalue weighted by Crippen LogP contribution is -2.26. The molecule has 0 amide bonds. The number of ketones is 1. The van der Waals surface area contributed by atoms with E-state index in [1.165, 1.54) is 21.3 Å². The van der Waals surface area contributed by atoms with Crippen molar-refractivity contribution < 1.29 is 38.0 Å². The Hall–Kier alpha value is -5.25. The zero-order valence-corrected chi connectivity index (χ0v) is 22.7. The van der Waals surface area contributed by atoms with Crippen molar-refractivity contribution >= 4 is 28.7 Å². The van der Waals surface area contributed by atoms with Crippen LogP contribution in [0, 0.1) is 0 Å². The summed E-state index contributed by atoms with van der Waals surface area (Å²) in [6.07, 6.45) is 1.44. The molecule has 0 aliphatic carbocycles. The fourth-order valence-corrected chi connectivity index (χ4v) is 5.34. The summed E-state index contributed by atoms with van der Waals surface area (Å²) in [6, 6.07) is 13.5. The van der Waals surface area contributed by atoms with E-state index in [0.717, 1.165) is 5.39 Å². The Bertz CT molecular complexity index is 1840. The van der Waals surface area contributed by atoms with Gasteiger partial charge in [0.05, 0.1) is 40.4 Å². The van der Waals surface area contributed by atoms with Gasteiger partial charge < -0.3 is 33.4 Å². The predicted molar refractivity (Wildman–Crippen MR) is 149 cm³/mol. The summed E-state index contributed by atoms with van der Waals surface area (Å²) in [6.45, 7) is 0. The number of esters is 1. The van der Waals surface area contributed by atoms with Gasteiger partial charge in [0, 0.05) is 33.5 Å². The molecule has 208 valence electrons. The molecule has 0 saturated heterocycles. The lowest BCUT2D eigenvalue weighted by Gasteiger charge is -2.26. The van der Waals surface area contributed by atoms with Gasteiger partial charge in [-0.25, -0.2) is 0 Å². The van der Waals surface area contributed by atoms with E-state index in [9.17, 15) is 14.4 Å². The number of carbonyl (C=O) groups excluding carboxylic acids is 2. The minimum atomic E-state index is -0.719. The maximum atomic E-state index is 13.5. The molecule has 0 saturated carbocycles. The first-order valence-corrected chi connectivity index (χ1v) is 12.7. The largest absolute Gasteiger partial charge is 0.497 e. The van der Waals surface area contributed by atoms with Gasteiger partial charge in [0.1, 0.15) is 17.2 Å². The van der Waals surface area contributed by atoms with Crippen molar-refractivity contribution in [2.24, 2.45) is 0 Å². The second-order valence-electron chi connectivity index (χ2n) is 9.46. The van der Waals surface area contributed by atoms with Gasteiger partial charge in [-0.15, -0.1) is 0 Å². The summed E-state index contributed by atoms with van der Waals surface area (Å²) in [5.41, 5.74) is 1.87. The number of Topliss-reactive ketones (excluding diaryl/α,β-unsaturated/α-hetero) is 1. The monoisotopic (exact) mass is 555 g/mol. The number of nitrogens with one attached hydrogen (secondary N) is 1. The standard InChI is InChI=1S/C31H25NO9/c1-36-17-6-8-21-16(11-17)12-20(31(35)32-21)19-14-25(33)40-22-10-7-18-27(34)24(41-29(18)26(19)22)13-15-5-9-23(37-2)30(39-4)28(15)38-3/h5-13,19H,14H2,1-4H3,(H,32,35)/b24-13+/t19-/m0/s1. The highest BCUT2D eigenvalue weighted by Gasteiger charge is 2.39. The van der Waals surface area contributed by atoms with Crippen molar-refractivity contribution in [3.8, 4) is 34.5 Å². The minimum Gasteiger partial charge on any atom is -0.497 e. The zero-order chi connectivity index (χ0) is 28.8. The maximum absolute atomic E-state index is 13.5. The number of carbonyl (C=O) groups is 2. The van der Waals surface area contributed by atoms with Crippen LogP contribution in [0.25, 0.3) is 17.0 Å². The van der Waals surface area contributed by atoms with Crippen molar-refractivity contribution in [1.29, 1.82) is 0 Å². The first-order valence-electron chi connectivity index (χ1n) is 12.7. The lowest BCUT2D eigenvalue weighted by atomic mass is 9.85. The van der Waals surface area contributed by atoms with E-state index in [0.29, 0.717) is 45.2 Å². The molecule has 0 bridgehead atoms. The van der Waals surface area contributed by atoms with Gasteiger partial charge in [0.2, 0.25) is 11.5 Å². The van der Waals surface area contributed by atoms with E-state index >= 15 is 0 Å². The molecule has 10 heteroatoms. The highest BCUT2D eigenvalue weighted by atomic mass is 16.5. The molecule has 2 aliphatic rings. The van der Waals surface area contributed by atoms with Crippen molar-refractivity contribution in [3.63, 3.8) is 0 Å². The van der Waals surface area contributed by atoms with Gasteiger partial charge in [0.25, 0.3) is 5.56 Å². The van der Waals surface area contributed by atoms with Gasteiger partial charge in [-0.3, -0.25) is 14.4 Å². The Labute approximate surface area is 234 Å². The van der Waals surface area contributed by atoms with Gasteiger partial charge in [-0.1, -0.05) is 0 Å². The number of H-pyrrole nitrogens is 1. The average Bonchev–Trinajstić information content (AvgIpc) is 3.30. The molecule has 0 fully saturated rings. The van der Waals surface area contributed by atoms with Gasteiger partial charge in [-0.05, 0) is 54.6 Å². The summed E-state index contributed by atoms with van der Waals surface area (Å²) in [4.78, 5) is 42.3. The molecule has 1 aromatic heterocycles. The molecule has 0 radical (unpaired) electrons. The van der Waals surface area contributed by atoms with Crippen LogP contribution in [0.2, 0.25) is 0 Å². The zero-order valence-electron chi connectivity index (χ0n) is 22.7. The third-order valence-electron chi connectivity index (χ3n) is 7.26. The van der Waals surface area contributed by atoms with Crippen molar-refractivity contribution in [2.45, 2.75) is 12.3 Å². The summed E-state index contributed by atoms with van der Waals surface area (Å²) >= 11 is 0. The van der Waals surface area contributed by atoms with E-state index in [1.54, 1.807) is 61.7 Å². The molecule has 1 atom stereocenters. The number of aromatic amines is 1. The van der Waals surface area contributed by atoms with Crippen LogP contribution < -0.4 is 34.0 Å². The van der Waals surface area contributed by atoms with Crippen LogP contribution in [0.4, 0.5) is 0 Å². The van der Waals surface area contributed by atoms with Crippen molar-refractivity contribution in [1.82, 2.24) is 4.98 Å². The summed E-state index contributed by atoms with van der Waals surface area (Å²) in [7, 11) is 6.04. The topological polar surface area (TPSA) is 122 Å². The molecule has 3 heterocycles. The smallest absolute Gasteiger partial charge is 0.312 e. The molecule has 0 spiro atoms. The summed E-state index contributed by atoms with van der Waals surface area (Å²) in [5.74, 6) is 0.723. The molecular weight excluding hydrogens is 530 g/mol. The number of allylic oxidation sites excluding steroid dienone is 1. The first kappa shape index (κ1) is 26.0. The number of hydrogen-bond acceptors (Lipinski definition) is 9. The van der Waals surface area contributed by atoms with E-state index in [-0.39, 0.29) is 40.6 Å². The predicted octanol–water partition coefficient (Wildman–Crippen LogP) is 4.62. The Balaban J connectivity index is 1.48. The van der Waals surface area contributed by atoms with E-state index in [4.69, 9.17) is 28.4 Å². The third-order valence-corrected chi connectivity index (χ3v) is 7.26. The molecule has 0 unspecified atom stereocenters. The van der Waals surface area contributed by atoms with Crippen LogP contribution in [0.3, 0.4) is 0 Å². The highest BCUT2D eigenvalue weighted by molar-refractivity contribution is 6.15. The summed E-state index contributed by atoms with van der Waals surface area (Å²) < 4.78 is 33.4. The van der Waals surface area contributed by atoms with Crippen LogP contribution in [0.15, 0.2) is 59.1 Å². The third kappa shape index (κ3) is 4.24. The molecule has 2 aliphatic heterocycles. The van der Waals surface area contributed by atoms with E-state index in [1.807, 2.05) is 0 Å². The molecule has 3 aromatic carbocycles. The second kappa shape index (κ2) is 10.1. The fourth-order valence-electron chi connectivity index (χ4n) is 5.34. The van der Waals surface area contributed by atoms with Crippen LogP contribution in [0.5, 0.6) is 34.5 Å². The molecule has 10 nitrogen and oxygen atoms in total. The van der Waals surface area contributed by atoms with Gasteiger partial charge in [0.15, 0.2) is 17.3 Å². The summed E-state index contributed by atoms with van der Waals surface area (Å²) in [5, 5.41) is 0.727. The molecular formula is C31H25NO9. The Kier molecular flexibility index (Phi) is 6.37. The Morgan fingerprint density at radius 1 is 0.854 bits per heavy atom. The average molecular weight is 556 g/mol. The number of methoxy groups -OCH3 is 4. The Morgan fingerprint density at radius 3 is 2.39 bits per heavy atom. The van der Waals surface area contributed by atoms with Gasteiger partial charge >= 0.3 is 5.97 Å². The normalized spacial score (nSPS) is 16.6. The maximum Gasteiger partial charge on any atom is 0.312 e. The number of hydrogen-bond donors (Lipinski definition) is 1. The Morgan fingerprint density at radius 2 is 1.66 bits per heavy atom. The number of pyridine rings is 1. The van der Waals surface area contributed by atoms with Crippen LogP contribution in [-0.2, 0) is 4.79 Å². The lowest BCUT2D eigenvalue weighted by molar-refractivity contribution is -0.135. The van der Waals surface area contributed by atoms with Gasteiger partial charge in [-0.2, -0.15) is 0 Å². The molecule has 1 N–H and O–H groups in total. The fraction of sp³-hybridized carbons (Fsp3) is 0.194. The molecule has 4 aromatic rings. The van der Waals surface area contributed by atoms with Crippen LogP contribution >= 0.6 is 0 Å². The van der Waals surface area contributed by atoms with Crippen LogP contribution in [-0.4, -0.2) is 45.2 Å². The van der Waals surface area contributed by atoms with Crippen LogP contribution in [0.1, 0.15) is 39.4 Å². The number of ether oxygens (including phenoxy) is 6. The van der Waals surface area contributed by atoms with E-state index in [2.05, 4.69) is 4.98 Å². The number of benzene rings is 3. The quantitative estimate of drug-likeness (QED) is 0.206. The first-order chi connectivity index (χ1) is 19.9. The van der Waals surface area contributed by atoms with Crippen molar-refractivity contribution in [3.05, 3.63) is 86.9 Å². The van der Waals surface area contributed by atoms with E-state index < -0.39 is 11.9 Å². The SMILES string of the molecule is COc1ccc2[nH]c(=O)c([C@@H]3CC(=O)Oc4ccc5c(c43)O/C(=C/c3ccc(OC)c(OC)c3OC)C5=O)cc2c1. The number of aromatic nitrogens is 1. The highest BCUT2D eigenvalue weighted by Crippen LogP contribution is 2.49. The molecule has 6 rings (SSSR count). The van der Waals surface area contributed by atoms with Crippen molar-refractivity contribution in [2.75, 3.05) is 28.4 Å². The number of fused-ring (bicyclic) bond motifs is 4. The second-order valence-corrected chi connectivity index (χ2v) is 9.46. The molecule has 41 heavy (non-hydrogen) atoms.